The highest BCUT2D eigenvalue weighted by atomic mass is 16.4. The van der Waals surface area contributed by atoms with Crippen molar-refractivity contribution in [1.82, 2.24) is 0 Å². The highest BCUT2D eigenvalue weighted by Gasteiger charge is 2.44. The highest BCUT2D eigenvalue weighted by molar-refractivity contribution is 5.83. The molecule has 16 heavy (non-hydrogen) atoms. The molecule has 0 heterocycles. The summed E-state index contributed by atoms with van der Waals surface area (Å²) in [6.07, 6.45) is -0.217. The molecule has 0 saturated carbocycles. The van der Waals surface area contributed by atoms with E-state index in [2.05, 4.69) is 0 Å². The first-order valence-corrected chi connectivity index (χ1v) is 4.82. The Morgan fingerprint density at radius 2 is 1.50 bits per heavy atom. The Labute approximate surface area is 92.9 Å². The molecule has 6 heteroatoms. The van der Waals surface area contributed by atoms with Gasteiger partial charge >= 0.3 is 17.9 Å². The van der Waals surface area contributed by atoms with Gasteiger partial charge in [-0.25, -0.2) is 0 Å². The largest absolute Gasteiger partial charge is 0.481 e. The maximum Gasteiger partial charge on any atom is 0.310 e. The maximum absolute atomic E-state index is 11.1. The van der Waals surface area contributed by atoms with Crippen molar-refractivity contribution in [2.75, 3.05) is 0 Å². The van der Waals surface area contributed by atoms with E-state index in [9.17, 15) is 14.4 Å². The van der Waals surface area contributed by atoms with E-state index in [0.717, 1.165) is 0 Å². The topological polar surface area (TPSA) is 112 Å². The first-order chi connectivity index (χ1) is 7.12. The molecule has 0 spiro atoms. The number of carboxylic acids is 3. The third-order valence-electron chi connectivity index (χ3n) is 2.97. The third kappa shape index (κ3) is 2.95. The molecule has 0 unspecified atom stereocenters. The minimum Gasteiger partial charge on any atom is -0.481 e. The van der Waals surface area contributed by atoms with Crippen LogP contribution in [0.15, 0.2) is 0 Å². The number of carbonyl (C=O) groups is 3. The molecule has 0 bridgehead atoms. The first kappa shape index (κ1) is 14.4. The molecular formula is C10H16O6. The molecule has 0 aromatic carbocycles. The zero-order valence-electron chi connectivity index (χ0n) is 9.43. The summed E-state index contributed by atoms with van der Waals surface area (Å²) in [5.41, 5.74) is -1.58. The number of hydrogen-bond acceptors (Lipinski definition) is 3. The van der Waals surface area contributed by atoms with Crippen molar-refractivity contribution in [2.24, 2.45) is 17.3 Å². The van der Waals surface area contributed by atoms with Crippen LogP contribution in [0.4, 0.5) is 0 Å². The number of aliphatic carboxylic acids is 3. The predicted octanol–water partition coefficient (Wildman–Crippen LogP) is 0.909. The molecule has 0 aliphatic rings. The van der Waals surface area contributed by atoms with Gasteiger partial charge in [-0.15, -0.1) is 0 Å². The molecular weight excluding hydrogens is 216 g/mol. The summed E-state index contributed by atoms with van der Waals surface area (Å²) in [7, 11) is 0. The van der Waals surface area contributed by atoms with E-state index in [1.165, 1.54) is 20.8 Å². The number of hydrogen-bond donors (Lipinski definition) is 3. The monoisotopic (exact) mass is 232 g/mol. The summed E-state index contributed by atoms with van der Waals surface area (Å²) in [5, 5.41) is 26.5. The van der Waals surface area contributed by atoms with E-state index in [1.54, 1.807) is 0 Å². The zero-order chi connectivity index (χ0) is 13.1. The van der Waals surface area contributed by atoms with Gasteiger partial charge in [0.15, 0.2) is 0 Å². The fraction of sp³-hybridized carbons (Fsp3) is 0.700. The van der Waals surface area contributed by atoms with Crippen LogP contribution in [0.5, 0.6) is 0 Å². The molecule has 0 aliphatic carbocycles. The van der Waals surface area contributed by atoms with Crippen molar-refractivity contribution in [1.29, 1.82) is 0 Å². The van der Waals surface area contributed by atoms with Crippen LogP contribution >= 0.6 is 0 Å². The van der Waals surface area contributed by atoms with Gasteiger partial charge in [0.2, 0.25) is 0 Å². The standard InChI is InChI=1S/C10H16O6/c1-5(7(11)12)4-10(3,9(15)16)6(2)8(13)14/h5-6H,4H2,1-3H3,(H,11,12)(H,13,14)(H,15,16)/t5-,6+,10-/m1/s1. The van der Waals surface area contributed by atoms with E-state index >= 15 is 0 Å². The van der Waals surface area contributed by atoms with Gasteiger partial charge in [0.25, 0.3) is 0 Å². The lowest BCUT2D eigenvalue weighted by Gasteiger charge is -2.30. The van der Waals surface area contributed by atoms with Gasteiger partial charge in [-0.3, -0.25) is 14.4 Å². The van der Waals surface area contributed by atoms with Gasteiger partial charge in [-0.05, 0) is 13.3 Å². The second kappa shape index (κ2) is 4.96. The normalized spacial score (nSPS) is 18.2. The van der Waals surface area contributed by atoms with Crippen LogP contribution in [0.25, 0.3) is 0 Å². The molecule has 0 amide bonds. The van der Waals surface area contributed by atoms with Crippen LogP contribution in [0.2, 0.25) is 0 Å². The summed E-state index contributed by atoms with van der Waals surface area (Å²) < 4.78 is 0. The highest BCUT2D eigenvalue weighted by Crippen LogP contribution is 2.35. The quantitative estimate of drug-likeness (QED) is 0.627. The zero-order valence-corrected chi connectivity index (χ0v) is 9.43. The summed E-state index contributed by atoms with van der Waals surface area (Å²) >= 11 is 0. The van der Waals surface area contributed by atoms with Crippen LogP contribution < -0.4 is 0 Å². The Hall–Kier alpha value is -1.59. The van der Waals surface area contributed by atoms with Crippen molar-refractivity contribution in [2.45, 2.75) is 27.2 Å². The van der Waals surface area contributed by atoms with E-state index in [1.807, 2.05) is 0 Å². The minimum atomic E-state index is -1.58. The molecule has 0 saturated heterocycles. The smallest absolute Gasteiger partial charge is 0.310 e. The SMILES string of the molecule is C[C@H](C[C@@](C)(C(=O)O)[C@@H](C)C(=O)O)C(=O)O. The Balaban J connectivity index is 5.05. The fourth-order valence-electron chi connectivity index (χ4n) is 1.45. The lowest BCUT2D eigenvalue weighted by molar-refractivity contribution is -0.163. The first-order valence-electron chi connectivity index (χ1n) is 4.82. The lowest BCUT2D eigenvalue weighted by Crippen LogP contribution is -2.41. The average molecular weight is 232 g/mol. The maximum atomic E-state index is 11.1. The predicted molar refractivity (Wildman–Crippen MR) is 54.0 cm³/mol. The summed E-state index contributed by atoms with van der Waals surface area (Å²) in [6.45, 7) is 3.89. The van der Waals surface area contributed by atoms with Gasteiger partial charge in [-0.1, -0.05) is 13.8 Å². The molecule has 0 fully saturated rings. The Kier molecular flexibility index (Phi) is 4.47. The van der Waals surface area contributed by atoms with Gasteiger partial charge in [0.1, 0.15) is 0 Å². The van der Waals surface area contributed by atoms with Crippen molar-refractivity contribution in [3.05, 3.63) is 0 Å². The van der Waals surface area contributed by atoms with Gasteiger partial charge in [0.05, 0.1) is 17.3 Å². The number of carboxylic acid groups (broad SMARTS) is 3. The third-order valence-corrected chi connectivity index (χ3v) is 2.97. The molecule has 0 radical (unpaired) electrons. The lowest BCUT2D eigenvalue weighted by atomic mass is 9.72. The molecule has 3 N–H and O–H groups in total. The van der Waals surface area contributed by atoms with Crippen LogP contribution in [0.3, 0.4) is 0 Å². The Bertz CT molecular complexity index is 310. The average Bonchev–Trinajstić information content (AvgIpc) is 2.15. The Morgan fingerprint density at radius 3 is 1.75 bits per heavy atom. The van der Waals surface area contributed by atoms with E-state index in [0.29, 0.717) is 0 Å². The van der Waals surface area contributed by atoms with Gasteiger partial charge in [0, 0.05) is 0 Å². The van der Waals surface area contributed by atoms with E-state index in [-0.39, 0.29) is 6.42 Å². The second-order valence-corrected chi connectivity index (χ2v) is 4.23. The fourth-order valence-corrected chi connectivity index (χ4v) is 1.45. The summed E-state index contributed by atoms with van der Waals surface area (Å²) in [6, 6.07) is 0. The molecule has 6 nitrogen and oxygen atoms in total. The number of rotatable bonds is 6. The van der Waals surface area contributed by atoms with E-state index < -0.39 is 35.2 Å². The molecule has 0 aromatic heterocycles. The second-order valence-electron chi connectivity index (χ2n) is 4.23. The molecule has 92 valence electrons. The van der Waals surface area contributed by atoms with Crippen LogP contribution in [0.1, 0.15) is 27.2 Å². The minimum absolute atomic E-state index is 0.217. The van der Waals surface area contributed by atoms with Crippen LogP contribution in [-0.4, -0.2) is 33.2 Å². The molecule has 0 aromatic rings. The molecule has 3 atom stereocenters. The summed E-state index contributed by atoms with van der Waals surface area (Å²) in [4.78, 5) is 32.5. The van der Waals surface area contributed by atoms with Gasteiger partial charge in [-0.2, -0.15) is 0 Å². The van der Waals surface area contributed by atoms with Crippen molar-refractivity contribution in [3.63, 3.8) is 0 Å². The summed E-state index contributed by atoms with van der Waals surface area (Å²) in [5.74, 6) is -5.72. The van der Waals surface area contributed by atoms with Crippen molar-refractivity contribution in [3.8, 4) is 0 Å². The molecule has 0 aliphatic heterocycles. The molecule has 0 rings (SSSR count). The van der Waals surface area contributed by atoms with Crippen LogP contribution in [-0.2, 0) is 14.4 Å². The van der Waals surface area contributed by atoms with Gasteiger partial charge < -0.3 is 15.3 Å². The Morgan fingerprint density at radius 1 is 1.06 bits per heavy atom. The van der Waals surface area contributed by atoms with E-state index in [4.69, 9.17) is 15.3 Å². The van der Waals surface area contributed by atoms with Crippen molar-refractivity contribution >= 4 is 17.9 Å². The van der Waals surface area contributed by atoms with Crippen LogP contribution in [0, 0.1) is 17.3 Å². The van der Waals surface area contributed by atoms with Crippen molar-refractivity contribution < 1.29 is 29.7 Å².